The van der Waals surface area contributed by atoms with E-state index in [1.54, 1.807) is 0 Å². The third-order valence-corrected chi connectivity index (χ3v) is 3.00. The molecule has 0 radical (unpaired) electrons. The van der Waals surface area contributed by atoms with E-state index in [4.69, 9.17) is 15.3 Å². The van der Waals surface area contributed by atoms with Gasteiger partial charge in [-0.3, -0.25) is 9.59 Å². The second-order valence-electron chi connectivity index (χ2n) is 4.57. The molecular formula is C13H24O5. The van der Waals surface area contributed by atoms with E-state index in [-0.39, 0.29) is 13.0 Å². The first-order chi connectivity index (χ1) is 8.59. The summed E-state index contributed by atoms with van der Waals surface area (Å²) in [4.78, 5) is 21.2. The Bertz CT molecular complexity index is 226. The van der Waals surface area contributed by atoms with E-state index in [0.717, 1.165) is 44.9 Å². The van der Waals surface area contributed by atoms with Gasteiger partial charge in [-0.2, -0.15) is 0 Å². The van der Waals surface area contributed by atoms with Crippen LogP contribution in [0.5, 0.6) is 0 Å². The van der Waals surface area contributed by atoms with Crippen LogP contribution in [0.3, 0.4) is 0 Å². The molecule has 0 aliphatic carbocycles. The number of carboxylic acids is 2. The molecule has 0 aliphatic heterocycles. The highest BCUT2D eigenvalue weighted by Crippen LogP contribution is 2.13. The van der Waals surface area contributed by atoms with Crippen molar-refractivity contribution in [3.8, 4) is 0 Å². The molecule has 0 aromatic rings. The molecule has 5 heteroatoms. The maximum atomic E-state index is 10.6. The first kappa shape index (κ1) is 16.9. The Kier molecular flexibility index (Phi) is 10.3. The molecule has 0 heterocycles. The normalized spacial score (nSPS) is 10.8. The zero-order valence-corrected chi connectivity index (χ0v) is 10.8. The summed E-state index contributed by atoms with van der Waals surface area (Å²) in [6.07, 6.45) is 8.03. The number of hydrogen-bond donors (Lipinski definition) is 3. The summed E-state index contributed by atoms with van der Waals surface area (Å²) in [6, 6.07) is 0. The fraction of sp³-hybridized carbons (Fsp3) is 0.846. The maximum absolute atomic E-state index is 10.6. The van der Waals surface area contributed by atoms with Gasteiger partial charge in [-0.15, -0.1) is 0 Å². The molecule has 0 aromatic heterocycles. The standard InChI is InChI=1S/C13H24O5/c14-10-8-6-4-2-1-3-5-7-9-11(12(15)16)13(17)18/h11,14H,1-10H2,(H,15,16)(H,17,18). The highest BCUT2D eigenvalue weighted by Gasteiger charge is 2.24. The first-order valence-electron chi connectivity index (χ1n) is 6.66. The zero-order chi connectivity index (χ0) is 13.8. The molecule has 18 heavy (non-hydrogen) atoms. The van der Waals surface area contributed by atoms with Crippen LogP contribution in [0, 0.1) is 5.92 Å². The molecule has 0 saturated carbocycles. The van der Waals surface area contributed by atoms with Crippen LogP contribution >= 0.6 is 0 Å². The van der Waals surface area contributed by atoms with Crippen LogP contribution in [0.4, 0.5) is 0 Å². The average molecular weight is 260 g/mol. The van der Waals surface area contributed by atoms with E-state index in [9.17, 15) is 9.59 Å². The fourth-order valence-electron chi connectivity index (χ4n) is 1.87. The number of rotatable bonds is 12. The van der Waals surface area contributed by atoms with Crippen molar-refractivity contribution >= 4 is 11.9 Å². The number of aliphatic hydroxyl groups is 1. The van der Waals surface area contributed by atoms with E-state index in [2.05, 4.69) is 0 Å². The number of unbranched alkanes of at least 4 members (excludes halogenated alkanes) is 7. The lowest BCUT2D eigenvalue weighted by Gasteiger charge is -2.06. The van der Waals surface area contributed by atoms with E-state index in [1.165, 1.54) is 0 Å². The number of carbonyl (C=O) groups is 2. The summed E-state index contributed by atoms with van der Waals surface area (Å²) in [5.41, 5.74) is 0. The largest absolute Gasteiger partial charge is 0.481 e. The van der Waals surface area contributed by atoms with E-state index in [0.29, 0.717) is 6.42 Å². The van der Waals surface area contributed by atoms with E-state index < -0.39 is 17.9 Å². The van der Waals surface area contributed by atoms with Gasteiger partial charge in [0.1, 0.15) is 0 Å². The molecule has 5 nitrogen and oxygen atoms in total. The van der Waals surface area contributed by atoms with E-state index >= 15 is 0 Å². The van der Waals surface area contributed by atoms with Crippen LogP contribution in [0.1, 0.15) is 57.8 Å². The quantitative estimate of drug-likeness (QED) is 0.369. The Morgan fingerprint density at radius 3 is 1.50 bits per heavy atom. The Morgan fingerprint density at radius 1 is 0.722 bits per heavy atom. The predicted octanol–water partition coefficient (Wildman–Crippen LogP) is 2.27. The van der Waals surface area contributed by atoms with Gasteiger partial charge in [-0.05, 0) is 12.8 Å². The molecule has 106 valence electrons. The Labute approximate surface area is 108 Å². The monoisotopic (exact) mass is 260 g/mol. The average Bonchev–Trinajstić information content (AvgIpc) is 2.30. The molecular weight excluding hydrogens is 236 g/mol. The molecule has 0 saturated heterocycles. The van der Waals surface area contributed by atoms with Crippen LogP contribution in [-0.2, 0) is 9.59 Å². The zero-order valence-electron chi connectivity index (χ0n) is 10.8. The summed E-state index contributed by atoms with van der Waals surface area (Å²) in [7, 11) is 0. The smallest absolute Gasteiger partial charge is 0.317 e. The third kappa shape index (κ3) is 8.98. The molecule has 0 bridgehead atoms. The summed E-state index contributed by atoms with van der Waals surface area (Å²) >= 11 is 0. The second-order valence-corrected chi connectivity index (χ2v) is 4.57. The number of aliphatic carboxylic acids is 2. The molecule has 0 aromatic carbocycles. The first-order valence-corrected chi connectivity index (χ1v) is 6.66. The lowest BCUT2D eigenvalue weighted by atomic mass is 10.0. The van der Waals surface area contributed by atoms with Gasteiger partial charge in [-0.25, -0.2) is 0 Å². The third-order valence-electron chi connectivity index (χ3n) is 3.00. The SMILES string of the molecule is O=C(O)C(CCCCCCCCCCO)C(=O)O. The summed E-state index contributed by atoms with van der Waals surface area (Å²) in [5.74, 6) is -3.74. The Balaban J connectivity index is 3.39. The van der Waals surface area contributed by atoms with Crippen molar-refractivity contribution in [2.45, 2.75) is 57.8 Å². The number of hydrogen-bond acceptors (Lipinski definition) is 3. The minimum Gasteiger partial charge on any atom is -0.481 e. The Morgan fingerprint density at radius 2 is 1.11 bits per heavy atom. The molecule has 0 spiro atoms. The van der Waals surface area contributed by atoms with Crippen molar-refractivity contribution in [2.24, 2.45) is 5.92 Å². The Hall–Kier alpha value is -1.10. The molecule has 3 N–H and O–H groups in total. The number of carboxylic acid groups (broad SMARTS) is 2. The van der Waals surface area contributed by atoms with Gasteiger partial charge in [0, 0.05) is 6.61 Å². The van der Waals surface area contributed by atoms with Crippen LogP contribution in [0.2, 0.25) is 0 Å². The van der Waals surface area contributed by atoms with Crippen molar-refractivity contribution in [3.05, 3.63) is 0 Å². The minimum absolute atomic E-state index is 0.217. The van der Waals surface area contributed by atoms with Gasteiger partial charge in [0.15, 0.2) is 5.92 Å². The fourth-order valence-corrected chi connectivity index (χ4v) is 1.87. The molecule has 0 unspecified atom stereocenters. The summed E-state index contributed by atoms with van der Waals surface area (Å²) in [6.45, 7) is 0.256. The molecule has 0 atom stereocenters. The molecule has 0 fully saturated rings. The predicted molar refractivity (Wildman–Crippen MR) is 67.4 cm³/mol. The summed E-state index contributed by atoms with van der Waals surface area (Å²) < 4.78 is 0. The van der Waals surface area contributed by atoms with Gasteiger partial charge in [0.25, 0.3) is 0 Å². The van der Waals surface area contributed by atoms with Crippen molar-refractivity contribution in [1.29, 1.82) is 0 Å². The van der Waals surface area contributed by atoms with Crippen molar-refractivity contribution in [3.63, 3.8) is 0 Å². The van der Waals surface area contributed by atoms with Crippen molar-refractivity contribution in [1.82, 2.24) is 0 Å². The maximum Gasteiger partial charge on any atom is 0.317 e. The van der Waals surface area contributed by atoms with Crippen LogP contribution in [0.25, 0.3) is 0 Å². The highest BCUT2D eigenvalue weighted by molar-refractivity contribution is 5.92. The summed E-state index contributed by atoms with van der Waals surface area (Å²) in [5, 5.41) is 25.9. The van der Waals surface area contributed by atoms with Gasteiger partial charge < -0.3 is 15.3 Å². The second kappa shape index (κ2) is 11.0. The number of aliphatic hydroxyl groups excluding tert-OH is 1. The van der Waals surface area contributed by atoms with Crippen molar-refractivity contribution in [2.75, 3.05) is 6.61 Å². The van der Waals surface area contributed by atoms with Crippen molar-refractivity contribution < 1.29 is 24.9 Å². The van der Waals surface area contributed by atoms with Crippen LogP contribution in [0.15, 0.2) is 0 Å². The molecule has 0 aliphatic rings. The van der Waals surface area contributed by atoms with Gasteiger partial charge >= 0.3 is 11.9 Å². The minimum atomic E-state index is -1.26. The van der Waals surface area contributed by atoms with Gasteiger partial charge in [0.2, 0.25) is 0 Å². The highest BCUT2D eigenvalue weighted by atomic mass is 16.4. The topological polar surface area (TPSA) is 94.8 Å². The van der Waals surface area contributed by atoms with Crippen LogP contribution in [-0.4, -0.2) is 33.9 Å². The molecule has 0 rings (SSSR count). The molecule has 0 amide bonds. The van der Waals surface area contributed by atoms with Gasteiger partial charge in [0.05, 0.1) is 0 Å². The van der Waals surface area contributed by atoms with E-state index in [1.807, 2.05) is 0 Å². The van der Waals surface area contributed by atoms with Gasteiger partial charge in [-0.1, -0.05) is 44.9 Å². The van der Waals surface area contributed by atoms with Crippen LogP contribution < -0.4 is 0 Å². The lowest BCUT2D eigenvalue weighted by molar-refractivity contribution is -0.154. The lowest BCUT2D eigenvalue weighted by Crippen LogP contribution is -2.23.